The molecule has 3 heterocycles. The van der Waals surface area contributed by atoms with Crippen LogP contribution >= 0.6 is 23.4 Å². The van der Waals surface area contributed by atoms with Crippen LogP contribution in [0.3, 0.4) is 0 Å². The molecule has 0 saturated carbocycles. The van der Waals surface area contributed by atoms with Crippen LogP contribution < -0.4 is 10.6 Å². The Morgan fingerprint density at radius 2 is 2.00 bits per heavy atom. The van der Waals surface area contributed by atoms with Gasteiger partial charge in [0.05, 0.1) is 23.2 Å². The molecular formula is C22H28ClN3O4S. The van der Waals surface area contributed by atoms with Crippen molar-refractivity contribution in [3.05, 3.63) is 29.3 Å². The van der Waals surface area contributed by atoms with Gasteiger partial charge in [-0.1, -0.05) is 25.4 Å². The van der Waals surface area contributed by atoms with Crippen molar-refractivity contribution >= 4 is 46.8 Å². The van der Waals surface area contributed by atoms with Gasteiger partial charge in [-0.25, -0.2) is 0 Å². The summed E-state index contributed by atoms with van der Waals surface area (Å²) in [6.07, 6.45) is 1.61. The predicted octanol–water partition coefficient (Wildman–Crippen LogP) is 2.13. The lowest BCUT2D eigenvalue weighted by Gasteiger charge is -2.38. The number of aliphatic hydroxyl groups is 1. The van der Waals surface area contributed by atoms with Crippen molar-refractivity contribution in [2.24, 2.45) is 17.8 Å². The average molecular weight is 466 g/mol. The van der Waals surface area contributed by atoms with E-state index in [0.717, 1.165) is 12.8 Å². The van der Waals surface area contributed by atoms with Gasteiger partial charge < -0.3 is 20.6 Å². The molecule has 2 bridgehead atoms. The minimum Gasteiger partial charge on any atom is -0.395 e. The molecule has 7 nitrogen and oxygen atoms in total. The normalized spacial score (nSPS) is 33.5. The van der Waals surface area contributed by atoms with E-state index < -0.39 is 22.6 Å². The summed E-state index contributed by atoms with van der Waals surface area (Å²) < 4.78 is -0.679. The van der Waals surface area contributed by atoms with Crippen LogP contribution in [-0.4, -0.2) is 63.5 Å². The molecule has 3 N–H and O–H groups in total. The first kappa shape index (κ1) is 22.4. The number of nitrogens with one attached hydrogen (secondary N) is 2. The number of thioether (sulfide) groups is 1. The number of rotatable bonds is 7. The molecular weight excluding hydrogens is 438 g/mol. The molecule has 1 spiro atoms. The zero-order valence-corrected chi connectivity index (χ0v) is 19.2. The molecule has 4 rings (SSSR count). The maximum atomic E-state index is 13.5. The molecule has 3 aliphatic heterocycles. The first-order valence-electron chi connectivity index (χ1n) is 10.8. The van der Waals surface area contributed by atoms with Gasteiger partial charge in [-0.2, -0.15) is 0 Å². The summed E-state index contributed by atoms with van der Waals surface area (Å²) in [4.78, 5) is 41.5. The predicted molar refractivity (Wildman–Crippen MR) is 121 cm³/mol. The minimum absolute atomic E-state index is 0.0166. The third-order valence-electron chi connectivity index (χ3n) is 6.80. The summed E-state index contributed by atoms with van der Waals surface area (Å²) >= 11 is 7.57. The zero-order valence-electron chi connectivity index (χ0n) is 17.6. The number of anilines is 1. The van der Waals surface area contributed by atoms with Crippen molar-refractivity contribution in [1.82, 2.24) is 10.2 Å². The topological polar surface area (TPSA) is 98.7 Å². The molecule has 3 aliphatic rings. The Morgan fingerprint density at radius 3 is 2.65 bits per heavy atom. The maximum Gasteiger partial charge on any atom is 0.248 e. The van der Waals surface area contributed by atoms with Crippen molar-refractivity contribution in [2.45, 2.75) is 42.7 Å². The molecule has 3 unspecified atom stereocenters. The Bertz CT molecular complexity index is 882. The molecule has 6 atom stereocenters. The monoisotopic (exact) mass is 465 g/mol. The van der Waals surface area contributed by atoms with Gasteiger partial charge in [0.2, 0.25) is 17.7 Å². The molecule has 168 valence electrons. The van der Waals surface area contributed by atoms with E-state index in [1.54, 1.807) is 36.0 Å². The Labute approximate surface area is 191 Å². The third-order valence-corrected chi connectivity index (χ3v) is 9.13. The van der Waals surface area contributed by atoms with Gasteiger partial charge in [0.15, 0.2) is 0 Å². The second kappa shape index (κ2) is 8.64. The Kier molecular flexibility index (Phi) is 6.25. The smallest absolute Gasteiger partial charge is 0.248 e. The minimum atomic E-state index is -0.748. The number of aliphatic hydroxyl groups excluding tert-OH is 1. The number of nitrogens with zero attached hydrogens (tertiary/aromatic N) is 1. The molecule has 0 radical (unpaired) electrons. The average Bonchev–Trinajstić information content (AvgIpc) is 3.32. The van der Waals surface area contributed by atoms with Crippen molar-refractivity contribution in [3.8, 4) is 0 Å². The molecule has 31 heavy (non-hydrogen) atoms. The van der Waals surface area contributed by atoms with E-state index in [2.05, 4.69) is 17.6 Å². The number of β-amino-alcohol motifs (C(OH)–C–C–N with tert-alkyl or cyclic N) is 1. The Morgan fingerprint density at radius 1 is 1.29 bits per heavy atom. The van der Waals surface area contributed by atoms with Crippen LogP contribution in [0, 0.1) is 17.8 Å². The van der Waals surface area contributed by atoms with E-state index in [-0.39, 0.29) is 42.0 Å². The van der Waals surface area contributed by atoms with Crippen molar-refractivity contribution in [1.29, 1.82) is 0 Å². The van der Waals surface area contributed by atoms with Gasteiger partial charge in [-0.05, 0) is 43.0 Å². The second-order valence-corrected chi connectivity index (χ2v) is 10.6. The first-order valence-corrected chi connectivity index (χ1v) is 12.0. The van der Waals surface area contributed by atoms with Gasteiger partial charge in [0.1, 0.15) is 6.04 Å². The fourth-order valence-electron chi connectivity index (χ4n) is 5.58. The van der Waals surface area contributed by atoms with E-state index in [4.69, 9.17) is 11.6 Å². The number of fused-ring (bicyclic) bond motifs is 1. The maximum absolute atomic E-state index is 13.5. The van der Waals surface area contributed by atoms with Gasteiger partial charge in [-0.15, -0.1) is 11.8 Å². The number of likely N-dealkylation sites (tertiary alicyclic amines) is 1. The molecule has 0 aromatic heterocycles. The van der Waals surface area contributed by atoms with Crippen LogP contribution in [0.2, 0.25) is 5.02 Å². The van der Waals surface area contributed by atoms with Crippen LogP contribution in [-0.2, 0) is 14.4 Å². The summed E-state index contributed by atoms with van der Waals surface area (Å²) in [6.45, 7) is 4.45. The van der Waals surface area contributed by atoms with E-state index >= 15 is 0 Å². The number of carbonyl (C=O) groups is 3. The fraction of sp³-hybridized carbons (Fsp3) is 0.591. The number of amides is 3. The van der Waals surface area contributed by atoms with Crippen LogP contribution in [0.1, 0.15) is 26.7 Å². The SMILES string of the molecule is CCCNC(=O)[C@@H]1[C@@H]2CC(C)C3(S2)C(C(=O)Nc2ccc(Cl)cc2)N(CCO)C(=O)[C@H]13. The van der Waals surface area contributed by atoms with E-state index in [1.807, 2.05) is 6.92 Å². The highest BCUT2D eigenvalue weighted by Gasteiger charge is 2.75. The van der Waals surface area contributed by atoms with Crippen LogP contribution in [0.15, 0.2) is 24.3 Å². The lowest BCUT2D eigenvalue weighted by molar-refractivity contribution is -0.139. The van der Waals surface area contributed by atoms with Gasteiger partial charge in [0, 0.05) is 29.0 Å². The number of halogens is 1. The zero-order chi connectivity index (χ0) is 22.3. The summed E-state index contributed by atoms with van der Waals surface area (Å²) in [6, 6.07) is 6.06. The van der Waals surface area contributed by atoms with Crippen molar-refractivity contribution < 1.29 is 19.5 Å². The number of hydrogen-bond donors (Lipinski definition) is 3. The van der Waals surface area contributed by atoms with Gasteiger partial charge in [-0.3, -0.25) is 14.4 Å². The van der Waals surface area contributed by atoms with E-state index in [9.17, 15) is 19.5 Å². The quantitative estimate of drug-likeness (QED) is 0.573. The van der Waals surface area contributed by atoms with Crippen LogP contribution in [0.4, 0.5) is 5.69 Å². The highest BCUT2D eigenvalue weighted by Crippen LogP contribution is 2.68. The molecule has 3 fully saturated rings. The Hall–Kier alpha value is -1.77. The number of benzene rings is 1. The largest absolute Gasteiger partial charge is 0.395 e. The molecule has 3 saturated heterocycles. The molecule has 3 amide bonds. The lowest BCUT2D eigenvalue weighted by atomic mass is 9.66. The molecule has 9 heteroatoms. The number of hydrogen-bond acceptors (Lipinski definition) is 5. The van der Waals surface area contributed by atoms with Crippen LogP contribution in [0.25, 0.3) is 0 Å². The number of carbonyl (C=O) groups excluding carboxylic acids is 3. The molecule has 0 aliphatic carbocycles. The Balaban J connectivity index is 1.69. The third kappa shape index (κ3) is 3.52. The highest BCUT2D eigenvalue weighted by atomic mass is 35.5. The summed E-state index contributed by atoms with van der Waals surface area (Å²) in [5.74, 6) is -1.51. The summed E-state index contributed by atoms with van der Waals surface area (Å²) in [5, 5.41) is 16.1. The lowest BCUT2D eigenvalue weighted by Crippen LogP contribution is -2.55. The standard InChI is InChI=1S/C22H28ClN3O4S/c1-3-8-24-19(28)16-15-11-12(2)22(31-15)17(16)21(30)26(9-10-27)18(22)20(29)25-14-6-4-13(23)5-7-14/h4-7,12,15-18,27H,3,8-11H2,1-2H3,(H,24,28)(H,25,29)/t12?,15-,16+,17-,18?,22?/m0/s1. The van der Waals surface area contributed by atoms with Gasteiger partial charge in [0.25, 0.3) is 0 Å². The highest BCUT2D eigenvalue weighted by molar-refractivity contribution is 8.02. The van der Waals surface area contributed by atoms with Crippen molar-refractivity contribution in [3.63, 3.8) is 0 Å². The van der Waals surface area contributed by atoms with E-state index in [1.165, 1.54) is 4.90 Å². The summed E-state index contributed by atoms with van der Waals surface area (Å²) in [5.41, 5.74) is 0.591. The molecule has 1 aromatic carbocycles. The first-order chi connectivity index (χ1) is 14.8. The van der Waals surface area contributed by atoms with Crippen LogP contribution in [0.5, 0.6) is 0 Å². The molecule has 1 aromatic rings. The van der Waals surface area contributed by atoms with Gasteiger partial charge >= 0.3 is 0 Å². The second-order valence-electron chi connectivity index (χ2n) is 8.60. The summed E-state index contributed by atoms with van der Waals surface area (Å²) in [7, 11) is 0. The van der Waals surface area contributed by atoms with E-state index in [0.29, 0.717) is 17.3 Å². The fourth-order valence-corrected chi connectivity index (χ4v) is 8.13. The van der Waals surface area contributed by atoms with Crippen molar-refractivity contribution in [2.75, 3.05) is 25.0 Å².